The van der Waals surface area contributed by atoms with Gasteiger partial charge in [-0.05, 0) is 51.5 Å². The molecule has 0 aliphatic carbocycles. The number of carbonyl (C=O) groups excluding carboxylic acids is 2. The molecule has 5 aromatic rings. The lowest BCUT2D eigenvalue weighted by atomic mass is 10.00. The third-order valence-corrected chi connectivity index (χ3v) is 10.8. The van der Waals surface area contributed by atoms with Crippen LogP contribution in [0, 0.1) is 5.92 Å². The number of halogens is 2. The molecule has 0 unspecified atom stereocenters. The molecule has 2 saturated heterocycles. The summed E-state index contributed by atoms with van der Waals surface area (Å²) in [4.78, 5) is 62.7. The van der Waals surface area contributed by atoms with Gasteiger partial charge in [0, 0.05) is 79.4 Å². The minimum atomic E-state index is -0.835. The van der Waals surface area contributed by atoms with E-state index in [2.05, 4.69) is 15.4 Å². The number of pyridine rings is 2. The van der Waals surface area contributed by atoms with E-state index in [-0.39, 0.29) is 30.6 Å². The smallest absolute Gasteiger partial charge is 0.410 e. The van der Waals surface area contributed by atoms with Crippen LogP contribution in [0.25, 0.3) is 39.2 Å². The molecule has 0 bridgehead atoms. The number of carbonyl (C=O) groups is 3. The van der Waals surface area contributed by atoms with Crippen LogP contribution in [0.15, 0.2) is 59.7 Å². The van der Waals surface area contributed by atoms with Gasteiger partial charge in [-0.3, -0.25) is 28.8 Å². The fourth-order valence-electron chi connectivity index (χ4n) is 7.02. The van der Waals surface area contributed by atoms with Gasteiger partial charge in [0.1, 0.15) is 16.9 Å². The lowest BCUT2D eigenvalue weighted by Gasteiger charge is -2.36. The van der Waals surface area contributed by atoms with E-state index in [4.69, 9.17) is 37.7 Å². The topological polar surface area (TPSA) is 173 Å². The Balaban J connectivity index is 1.16. The lowest BCUT2D eigenvalue weighted by molar-refractivity contribution is -0.147. The van der Waals surface area contributed by atoms with E-state index in [9.17, 15) is 24.3 Å². The van der Waals surface area contributed by atoms with Crippen molar-refractivity contribution in [3.8, 4) is 39.5 Å². The predicted molar refractivity (Wildman–Crippen MR) is 213 cm³/mol. The first-order valence-electron chi connectivity index (χ1n) is 18.4. The van der Waals surface area contributed by atoms with E-state index in [1.807, 2.05) is 29.2 Å². The van der Waals surface area contributed by atoms with Crippen molar-refractivity contribution in [2.45, 2.75) is 58.3 Å². The zero-order valence-electron chi connectivity index (χ0n) is 32.1. The van der Waals surface area contributed by atoms with Crippen LogP contribution in [0.4, 0.5) is 4.79 Å². The largest absolute Gasteiger partial charge is 0.481 e. The number of ether oxygens (including phenoxy) is 2. The number of fused-ring (bicyclic) bond motifs is 1. The van der Waals surface area contributed by atoms with Gasteiger partial charge in [0.05, 0.1) is 47.6 Å². The molecule has 2 aliphatic heterocycles. The van der Waals surface area contributed by atoms with Crippen LogP contribution >= 0.6 is 23.2 Å². The van der Waals surface area contributed by atoms with E-state index in [1.165, 1.54) is 16.2 Å². The second kappa shape index (κ2) is 15.8. The summed E-state index contributed by atoms with van der Waals surface area (Å²) >= 11 is 14.2. The van der Waals surface area contributed by atoms with E-state index in [1.54, 1.807) is 63.3 Å². The van der Waals surface area contributed by atoms with Crippen LogP contribution in [0.5, 0.6) is 5.88 Å². The standard InChI is InChI=1S/C40H42Cl2N8O7/c1-40(2,3)57-39(55)49(20-25-10-12-32(51)44-25)18-22-9-11-29(45-36(22)56-5)28-8-6-7-26(33(28)41)27-13-14-43-35(34(27)42)23-15-30-37(52)47(4)31(46-50(30)19-23)21-48-16-24(17-48)38(53)54/h6-9,11,13-15,19,24-25H,10,12,16-18,20-21H2,1-5H3,(H,44,51)(H,53,54)/t25-/m0/s1. The van der Waals surface area contributed by atoms with Gasteiger partial charge >= 0.3 is 12.1 Å². The van der Waals surface area contributed by atoms with E-state index in [0.29, 0.717) is 98.9 Å². The molecule has 2 fully saturated rings. The van der Waals surface area contributed by atoms with Gasteiger partial charge in [0.15, 0.2) is 0 Å². The summed E-state index contributed by atoms with van der Waals surface area (Å²) in [6.07, 6.45) is 3.81. The van der Waals surface area contributed by atoms with Crippen molar-refractivity contribution in [3.63, 3.8) is 0 Å². The monoisotopic (exact) mass is 816 g/mol. The van der Waals surface area contributed by atoms with Crippen molar-refractivity contribution in [3.05, 3.63) is 86.6 Å². The molecule has 2 amide bonds. The van der Waals surface area contributed by atoms with Crippen LogP contribution < -0.4 is 15.6 Å². The molecular weight excluding hydrogens is 775 g/mol. The summed E-state index contributed by atoms with van der Waals surface area (Å²) in [5, 5.41) is 17.5. The van der Waals surface area contributed by atoms with Crippen LogP contribution in [-0.4, -0.2) is 95.4 Å². The molecule has 57 heavy (non-hydrogen) atoms. The molecule has 0 spiro atoms. The molecule has 4 aromatic heterocycles. The Hall–Kier alpha value is -5.51. The summed E-state index contributed by atoms with van der Waals surface area (Å²) in [5.74, 6) is -0.524. The molecule has 2 aliphatic rings. The average molecular weight is 818 g/mol. The quantitative estimate of drug-likeness (QED) is 0.168. The van der Waals surface area contributed by atoms with Crippen molar-refractivity contribution >= 4 is 46.7 Å². The van der Waals surface area contributed by atoms with Crippen molar-refractivity contribution < 1.29 is 29.0 Å². The maximum Gasteiger partial charge on any atom is 0.410 e. The summed E-state index contributed by atoms with van der Waals surface area (Å²) in [6, 6.07) is 12.4. The highest BCUT2D eigenvalue weighted by Gasteiger charge is 2.33. The maximum atomic E-state index is 13.4. The number of rotatable bonds is 11. The Morgan fingerprint density at radius 2 is 1.79 bits per heavy atom. The van der Waals surface area contributed by atoms with Gasteiger partial charge in [-0.2, -0.15) is 5.10 Å². The molecule has 0 saturated carbocycles. The van der Waals surface area contributed by atoms with Crippen molar-refractivity contribution in [1.29, 1.82) is 0 Å². The number of amides is 2. The van der Waals surface area contributed by atoms with E-state index in [0.717, 1.165) is 0 Å². The highest BCUT2D eigenvalue weighted by Crippen LogP contribution is 2.42. The second-order valence-electron chi connectivity index (χ2n) is 15.3. The lowest BCUT2D eigenvalue weighted by Crippen LogP contribution is -2.50. The maximum absolute atomic E-state index is 13.4. The first kappa shape index (κ1) is 39.7. The number of likely N-dealkylation sites (tertiary alicyclic amines) is 1. The third-order valence-electron chi connectivity index (χ3n) is 10.0. The summed E-state index contributed by atoms with van der Waals surface area (Å²) < 4.78 is 14.4. The number of carboxylic acids is 1. The molecule has 298 valence electrons. The highest BCUT2D eigenvalue weighted by atomic mass is 35.5. The fraction of sp³-hybridized carbons (Fsp3) is 0.375. The Kier molecular flexibility index (Phi) is 11.0. The third kappa shape index (κ3) is 8.31. The van der Waals surface area contributed by atoms with Gasteiger partial charge in [0.2, 0.25) is 11.8 Å². The molecule has 6 heterocycles. The first-order valence-corrected chi connectivity index (χ1v) is 19.1. The van der Waals surface area contributed by atoms with Gasteiger partial charge in [-0.25, -0.2) is 14.3 Å². The minimum Gasteiger partial charge on any atom is -0.481 e. The zero-order chi connectivity index (χ0) is 40.8. The molecular formula is C40H42Cl2N8O7. The molecule has 7 rings (SSSR count). The molecule has 0 radical (unpaired) electrons. The van der Waals surface area contributed by atoms with Crippen molar-refractivity contribution in [2.75, 3.05) is 26.7 Å². The summed E-state index contributed by atoms with van der Waals surface area (Å²) in [7, 11) is 3.14. The number of hydrogen-bond donors (Lipinski definition) is 2. The summed E-state index contributed by atoms with van der Waals surface area (Å²) in [5.41, 5.74) is 3.33. The van der Waals surface area contributed by atoms with Crippen LogP contribution in [0.3, 0.4) is 0 Å². The van der Waals surface area contributed by atoms with E-state index >= 15 is 0 Å². The highest BCUT2D eigenvalue weighted by molar-refractivity contribution is 6.39. The van der Waals surface area contributed by atoms with Crippen LogP contribution in [-0.2, 0) is 34.5 Å². The number of carboxylic acid groups (broad SMARTS) is 1. The molecule has 15 nitrogen and oxygen atoms in total. The van der Waals surface area contributed by atoms with Gasteiger partial charge in [0.25, 0.3) is 5.56 Å². The molecule has 1 aromatic carbocycles. The van der Waals surface area contributed by atoms with E-state index < -0.39 is 23.6 Å². The van der Waals surface area contributed by atoms with Crippen molar-refractivity contribution in [1.82, 2.24) is 39.3 Å². The van der Waals surface area contributed by atoms with Gasteiger partial charge in [-0.1, -0.05) is 41.4 Å². The van der Waals surface area contributed by atoms with Gasteiger partial charge < -0.3 is 24.8 Å². The second-order valence-corrected chi connectivity index (χ2v) is 16.0. The van der Waals surface area contributed by atoms with Crippen LogP contribution in [0.2, 0.25) is 10.0 Å². The number of aliphatic carboxylic acids is 1. The van der Waals surface area contributed by atoms with Crippen molar-refractivity contribution in [2.24, 2.45) is 13.0 Å². The Labute approximate surface area is 338 Å². The molecule has 1 atom stereocenters. The van der Waals surface area contributed by atoms with Gasteiger partial charge in [-0.15, -0.1) is 0 Å². The fourth-order valence-corrected chi connectivity index (χ4v) is 7.67. The Bertz CT molecular complexity index is 2460. The number of hydrogen-bond acceptors (Lipinski definition) is 10. The Morgan fingerprint density at radius 1 is 1.05 bits per heavy atom. The summed E-state index contributed by atoms with van der Waals surface area (Å²) in [6.45, 7) is 6.90. The SMILES string of the molecule is COc1nc(-c2cccc(-c3ccnc(-c4cc5c(=O)n(C)c(CN6CC(C(=O)O)C6)nn5c4)c3Cl)c2Cl)ccc1CN(C[C@@H]1CCC(=O)N1)C(=O)OC(C)(C)C. The number of nitrogens with zero attached hydrogens (tertiary/aromatic N) is 7. The Morgan fingerprint density at radius 3 is 2.47 bits per heavy atom. The zero-order valence-corrected chi connectivity index (χ0v) is 33.6. The number of nitrogens with one attached hydrogen (secondary N) is 1. The molecule has 2 N–H and O–H groups in total. The number of aromatic nitrogens is 5. The normalized spacial score (nSPS) is 16.1. The first-order chi connectivity index (χ1) is 27.1. The predicted octanol–water partition coefficient (Wildman–Crippen LogP) is 5.67. The minimum absolute atomic E-state index is 0.0496. The van der Waals surface area contributed by atoms with Crippen LogP contribution in [0.1, 0.15) is 45.0 Å². The number of benzene rings is 1. The number of methoxy groups -OCH3 is 1. The molecule has 17 heteroatoms. The average Bonchev–Trinajstić information content (AvgIpc) is 3.76.